The van der Waals surface area contributed by atoms with Crippen molar-refractivity contribution in [3.63, 3.8) is 0 Å². The predicted octanol–water partition coefficient (Wildman–Crippen LogP) is 2.07. The van der Waals surface area contributed by atoms with Crippen LogP contribution >= 0.6 is 11.8 Å². The zero-order chi connectivity index (χ0) is 21.7. The number of benzene rings is 2. The summed E-state index contributed by atoms with van der Waals surface area (Å²) in [6.07, 6.45) is 0.371. The van der Waals surface area contributed by atoms with Crippen LogP contribution in [0.5, 0.6) is 5.75 Å². The number of nitrogens with zero attached hydrogens (tertiary/aromatic N) is 1. The van der Waals surface area contributed by atoms with Gasteiger partial charge in [-0.3, -0.25) is 9.59 Å². The van der Waals surface area contributed by atoms with Gasteiger partial charge in [0.1, 0.15) is 5.75 Å². The molecule has 0 aliphatic carbocycles. The zero-order valence-electron chi connectivity index (χ0n) is 16.7. The summed E-state index contributed by atoms with van der Waals surface area (Å²) in [5, 5.41) is 5.44. The monoisotopic (exact) mass is 449 g/mol. The van der Waals surface area contributed by atoms with E-state index >= 15 is 0 Å². The van der Waals surface area contributed by atoms with E-state index in [1.54, 1.807) is 25.3 Å². The van der Waals surface area contributed by atoms with Gasteiger partial charge >= 0.3 is 0 Å². The number of hydrogen-bond acceptors (Lipinski definition) is 6. The Morgan fingerprint density at radius 1 is 1.23 bits per heavy atom. The molecule has 0 spiro atoms. The molecule has 30 heavy (non-hydrogen) atoms. The molecule has 0 radical (unpaired) electrons. The molecule has 0 aromatic heterocycles. The molecular weight excluding hydrogens is 426 g/mol. The number of nitrogens with one attached hydrogen (secondary N) is 2. The second-order valence-corrected chi connectivity index (χ2v) is 9.87. The highest BCUT2D eigenvalue weighted by Crippen LogP contribution is 2.33. The minimum atomic E-state index is -3.89. The number of anilines is 1. The molecule has 0 saturated heterocycles. The lowest BCUT2D eigenvalue weighted by atomic mass is 10.2. The van der Waals surface area contributed by atoms with Gasteiger partial charge in [0.2, 0.25) is 21.8 Å². The summed E-state index contributed by atoms with van der Waals surface area (Å²) < 4.78 is 31.8. The summed E-state index contributed by atoms with van der Waals surface area (Å²) in [6, 6.07) is 11.8. The maximum Gasteiger partial charge on any atom is 0.243 e. The Kier molecular flexibility index (Phi) is 7.01. The second kappa shape index (κ2) is 9.50. The first-order chi connectivity index (χ1) is 14.3. The van der Waals surface area contributed by atoms with Crippen molar-refractivity contribution in [3.8, 4) is 5.75 Å². The molecule has 10 heteroatoms. The van der Waals surface area contributed by atoms with Gasteiger partial charge in [0.05, 0.1) is 24.2 Å². The van der Waals surface area contributed by atoms with Crippen molar-refractivity contribution in [2.45, 2.75) is 22.8 Å². The van der Waals surface area contributed by atoms with E-state index in [4.69, 9.17) is 4.74 Å². The third-order valence-corrected chi connectivity index (χ3v) is 7.41. The lowest BCUT2D eigenvalue weighted by molar-refractivity contribution is -0.121. The highest BCUT2D eigenvalue weighted by atomic mass is 32.2. The van der Waals surface area contributed by atoms with Crippen LogP contribution in [0.15, 0.2) is 52.3 Å². The number of methoxy groups -OCH3 is 1. The summed E-state index contributed by atoms with van der Waals surface area (Å²) in [4.78, 5) is 24.9. The largest absolute Gasteiger partial charge is 0.497 e. The zero-order valence-corrected chi connectivity index (χ0v) is 18.3. The van der Waals surface area contributed by atoms with E-state index in [0.717, 1.165) is 14.8 Å². The fourth-order valence-corrected chi connectivity index (χ4v) is 4.92. The molecule has 1 aliphatic heterocycles. The van der Waals surface area contributed by atoms with Gasteiger partial charge in [-0.15, -0.1) is 11.8 Å². The summed E-state index contributed by atoms with van der Waals surface area (Å²) in [6.45, 7) is -0.0461. The Bertz CT molecular complexity index is 1040. The van der Waals surface area contributed by atoms with Gasteiger partial charge < -0.3 is 15.4 Å². The van der Waals surface area contributed by atoms with E-state index in [-0.39, 0.29) is 23.9 Å². The van der Waals surface area contributed by atoms with E-state index in [1.165, 1.54) is 30.9 Å². The van der Waals surface area contributed by atoms with Gasteiger partial charge in [0, 0.05) is 30.7 Å². The van der Waals surface area contributed by atoms with Crippen LogP contribution in [0.25, 0.3) is 0 Å². The molecule has 0 atom stereocenters. The third kappa shape index (κ3) is 5.32. The van der Waals surface area contributed by atoms with Gasteiger partial charge in [0.25, 0.3) is 0 Å². The van der Waals surface area contributed by atoms with Crippen LogP contribution in [0, 0.1) is 0 Å². The van der Waals surface area contributed by atoms with Crippen molar-refractivity contribution >= 4 is 39.3 Å². The number of fused-ring (bicyclic) bond motifs is 1. The Labute approximate surface area is 180 Å². The molecule has 3 rings (SSSR count). The van der Waals surface area contributed by atoms with Crippen LogP contribution in [-0.4, -0.2) is 51.0 Å². The summed E-state index contributed by atoms with van der Waals surface area (Å²) >= 11 is 1.49. The standard InChI is InChI=1S/C20H23N3O5S2/c1-23(13-20(25)21-12-14-3-5-15(28-2)6-4-14)30(26,27)16-7-8-18-17(11-16)22-19(24)9-10-29-18/h3-8,11H,9-10,12-13H2,1-2H3,(H,21,25)(H,22,24). The molecule has 0 fully saturated rings. The molecule has 2 N–H and O–H groups in total. The van der Waals surface area contributed by atoms with Crippen LogP contribution in [0.1, 0.15) is 12.0 Å². The molecule has 0 bridgehead atoms. The number of hydrogen-bond donors (Lipinski definition) is 2. The van der Waals surface area contributed by atoms with E-state index in [2.05, 4.69) is 10.6 Å². The topological polar surface area (TPSA) is 105 Å². The van der Waals surface area contributed by atoms with Crippen molar-refractivity contribution in [2.75, 3.05) is 31.8 Å². The number of thioether (sulfide) groups is 1. The lowest BCUT2D eigenvalue weighted by Crippen LogP contribution is -2.38. The van der Waals surface area contributed by atoms with Crippen LogP contribution in [0.2, 0.25) is 0 Å². The van der Waals surface area contributed by atoms with Gasteiger partial charge in [-0.25, -0.2) is 8.42 Å². The first-order valence-electron chi connectivity index (χ1n) is 9.22. The molecule has 2 amide bonds. The first-order valence-corrected chi connectivity index (χ1v) is 11.6. The molecule has 0 unspecified atom stereocenters. The van der Waals surface area contributed by atoms with Crippen molar-refractivity contribution in [3.05, 3.63) is 48.0 Å². The highest BCUT2D eigenvalue weighted by molar-refractivity contribution is 7.99. The predicted molar refractivity (Wildman–Crippen MR) is 115 cm³/mol. The van der Waals surface area contributed by atoms with Gasteiger partial charge in [-0.05, 0) is 35.9 Å². The maximum atomic E-state index is 12.9. The van der Waals surface area contributed by atoms with E-state index in [1.807, 2.05) is 12.1 Å². The molecule has 160 valence electrons. The van der Waals surface area contributed by atoms with Crippen LogP contribution in [-0.2, 0) is 26.2 Å². The third-order valence-electron chi connectivity index (χ3n) is 4.53. The molecule has 1 aliphatic rings. The van der Waals surface area contributed by atoms with Crippen molar-refractivity contribution in [2.24, 2.45) is 0 Å². The van der Waals surface area contributed by atoms with Crippen LogP contribution in [0.3, 0.4) is 0 Å². The number of sulfonamides is 1. The molecule has 0 saturated carbocycles. The average molecular weight is 450 g/mol. The number of rotatable bonds is 7. The first kappa shape index (κ1) is 22.1. The summed E-state index contributed by atoms with van der Waals surface area (Å²) in [7, 11) is -0.972. The molecule has 2 aromatic rings. The smallest absolute Gasteiger partial charge is 0.243 e. The quantitative estimate of drug-likeness (QED) is 0.671. The summed E-state index contributed by atoms with van der Waals surface area (Å²) in [5.74, 6) is 0.781. The second-order valence-electron chi connectivity index (χ2n) is 6.69. The van der Waals surface area contributed by atoms with E-state index < -0.39 is 15.9 Å². The summed E-state index contributed by atoms with van der Waals surface area (Å²) in [5.41, 5.74) is 1.34. The minimum Gasteiger partial charge on any atom is -0.497 e. The number of ether oxygens (including phenoxy) is 1. The van der Waals surface area contributed by atoms with Gasteiger partial charge in [0.15, 0.2) is 0 Å². The molecule has 2 aromatic carbocycles. The van der Waals surface area contributed by atoms with Crippen molar-refractivity contribution in [1.29, 1.82) is 0 Å². The molecule has 1 heterocycles. The van der Waals surface area contributed by atoms with Gasteiger partial charge in [-0.2, -0.15) is 4.31 Å². The van der Waals surface area contributed by atoms with Gasteiger partial charge in [-0.1, -0.05) is 12.1 Å². The number of carbonyl (C=O) groups is 2. The number of carbonyl (C=O) groups excluding carboxylic acids is 2. The van der Waals surface area contributed by atoms with E-state index in [9.17, 15) is 18.0 Å². The SMILES string of the molecule is COc1ccc(CNC(=O)CN(C)S(=O)(=O)c2ccc3c(c2)NC(=O)CCS3)cc1. The van der Waals surface area contributed by atoms with Crippen molar-refractivity contribution in [1.82, 2.24) is 9.62 Å². The Hall–Kier alpha value is -2.56. The number of amides is 2. The lowest BCUT2D eigenvalue weighted by Gasteiger charge is -2.18. The molecular formula is C20H23N3O5S2. The Morgan fingerprint density at radius 3 is 2.67 bits per heavy atom. The Balaban J connectivity index is 1.64. The highest BCUT2D eigenvalue weighted by Gasteiger charge is 2.25. The fraction of sp³-hybridized carbons (Fsp3) is 0.300. The normalized spacial score (nSPS) is 13.9. The van der Waals surface area contributed by atoms with Crippen LogP contribution < -0.4 is 15.4 Å². The van der Waals surface area contributed by atoms with E-state index in [0.29, 0.717) is 23.6 Å². The van der Waals surface area contributed by atoms with Crippen LogP contribution in [0.4, 0.5) is 5.69 Å². The minimum absolute atomic E-state index is 0.0227. The fourth-order valence-electron chi connectivity index (χ4n) is 2.83. The number of likely N-dealkylation sites (N-methyl/N-ethyl adjacent to an activating group) is 1. The van der Waals surface area contributed by atoms with Crippen molar-refractivity contribution < 1.29 is 22.7 Å². The average Bonchev–Trinajstić information content (AvgIpc) is 2.92. The Morgan fingerprint density at radius 2 is 1.97 bits per heavy atom. The molecule has 8 nitrogen and oxygen atoms in total. The maximum absolute atomic E-state index is 12.9.